The lowest BCUT2D eigenvalue weighted by Gasteiger charge is -2.44. The largest absolute Gasteiger partial charge is 0.383 e. The number of ether oxygens (including phenoxy) is 1. The van der Waals surface area contributed by atoms with Crippen LogP contribution in [-0.4, -0.2) is 52.1 Å². The van der Waals surface area contributed by atoms with Crippen molar-refractivity contribution < 1.29 is 17.9 Å². The van der Waals surface area contributed by atoms with Gasteiger partial charge in [0.1, 0.15) is 0 Å². The molecule has 2 atom stereocenters. The predicted octanol–water partition coefficient (Wildman–Crippen LogP) is 2.41. The van der Waals surface area contributed by atoms with Gasteiger partial charge in [0.25, 0.3) is 5.91 Å². The summed E-state index contributed by atoms with van der Waals surface area (Å²) < 4.78 is 32.2. The molecule has 1 saturated carbocycles. The first-order valence-electron chi connectivity index (χ1n) is 9.42. The third-order valence-corrected chi connectivity index (χ3v) is 6.95. The summed E-state index contributed by atoms with van der Waals surface area (Å²) in [7, 11) is -2.12. The highest BCUT2D eigenvalue weighted by molar-refractivity contribution is 7.89. The molecule has 1 heterocycles. The van der Waals surface area contributed by atoms with Gasteiger partial charge >= 0.3 is 0 Å². The Labute approximate surface area is 156 Å². The molecule has 0 bridgehead atoms. The summed E-state index contributed by atoms with van der Waals surface area (Å²) in [6, 6.07) is 6.67. The van der Waals surface area contributed by atoms with E-state index in [9.17, 15) is 13.2 Å². The summed E-state index contributed by atoms with van der Waals surface area (Å²) in [5, 5.41) is 0. The number of hydrogen-bond acceptors (Lipinski definition) is 4. The number of likely N-dealkylation sites (tertiary alicyclic amines) is 1. The summed E-state index contributed by atoms with van der Waals surface area (Å²) in [6.45, 7) is 1.27. The average molecular weight is 381 g/mol. The number of rotatable bonds is 6. The molecule has 1 amide bonds. The second-order valence-electron chi connectivity index (χ2n) is 7.17. The summed E-state index contributed by atoms with van der Waals surface area (Å²) in [5.74, 6) is 0.555. The van der Waals surface area contributed by atoms with Crippen LogP contribution in [-0.2, 0) is 14.8 Å². The Balaban J connectivity index is 1.77. The fourth-order valence-electron chi connectivity index (χ4n) is 4.20. The Morgan fingerprint density at radius 3 is 2.81 bits per heavy atom. The van der Waals surface area contributed by atoms with Gasteiger partial charge in [0.2, 0.25) is 10.0 Å². The fraction of sp³-hybridized carbons (Fsp3) is 0.632. The summed E-state index contributed by atoms with van der Waals surface area (Å²) in [6.07, 6.45) is 6.92. The van der Waals surface area contributed by atoms with Gasteiger partial charge in [-0.15, -0.1) is 0 Å². The zero-order valence-corrected chi connectivity index (χ0v) is 16.1. The fourth-order valence-corrected chi connectivity index (χ4v) is 5.26. The average Bonchev–Trinajstić information content (AvgIpc) is 2.67. The first kappa shape index (κ1) is 19.3. The molecule has 1 aromatic carbocycles. The zero-order chi connectivity index (χ0) is 18.6. The van der Waals surface area contributed by atoms with Crippen LogP contribution >= 0.6 is 0 Å². The molecule has 1 saturated heterocycles. The molecular formula is C19H28N2O4S. The molecule has 1 N–H and O–H groups in total. The summed E-state index contributed by atoms with van der Waals surface area (Å²) >= 11 is 0. The molecule has 1 aliphatic heterocycles. The van der Waals surface area contributed by atoms with Crippen LogP contribution in [0.15, 0.2) is 29.2 Å². The lowest BCUT2D eigenvalue weighted by molar-refractivity contribution is 0.0390. The van der Waals surface area contributed by atoms with Crippen LogP contribution in [0.5, 0.6) is 0 Å². The minimum Gasteiger partial charge on any atom is -0.383 e. The van der Waals surface area contributed by atoms with Crippen molar-refractivity contribution in [3.05, 3.63) is 29.8 Å². The standard InChI is InChI=1S/C19H28N2O4S/c1-25-13-11-20-26(23,24)17-9-4-7-16(14-17)19(22)21-12-5-8-15-6-2-3-10-18(15)21/h4,7,9,14-15,18,20H,2-3,5-6,8,10-13H2,1H3. The second-order valence-corrected chi connectivity index (χ2v) is 8.94. The number of fused-ring (bicyclic) bond motifs is 1. The number of nitrogens with one attached hydrogen (secondary N) is 1. The quantitative estimate of drug-likeness (QED) is 0.769. The van der Waals surface area contributed by atoms with Crippen molar-refractivity contribution in [3.63, 3.8) is 0 Å². The van der Waals surface area contributed by atoms with E-state index in [0.717, 1.165) is 19.4 Å². The maximum Gasteiger partial charge on any atom is 0.254 e. The van der Waals surface area contributed by atoms with Gasteiger partial charge in [-0.3, -0.25) is 4.79 Å². The van der Waals surface area contributed by atoms with Crippen molar-refractivity contribution in [2.24, 2.45) is 5.92 Å². The first-order chi connectivity index (χ1) is 12.5. The van der Waals surface area contributed by atoms with Gasteiger partial charge in [-0.05, 0) is 49.8 Å². The highest BCUT2D eigenvalue weighted by Gasteiger charge is 2.36. The number of nitrogens with zero attached hydrogens (tertiary/aromatic N) is 1. The molecule has 2 aliphatic rings. The summed E-state index contributed by atoms with van der Waals surface area (Å²) in [5.41, 5.74) is 0.450. The van der Waals surface area contributed by atoms with E-state index in [4.69, 9.17) is 4.74 Å². The minimum absolute atomic E-state index is 0.0458. The van der Waals surface area contributed by atoms with E-state index in [1.165, 1.54) is 44.9 Å². The minimum atomic E-state index is -3.64. The van der Waals surface area contributed by atoms with E-state index in [1.54, 1.807) is 12.1 Å². The molecule has 1 aromatic rings. The van der Waals surface area contributed by atoms with Crippen LogP contribution in [0.3, 0.4) is 0 Å². The molecule has 1 aliphatic carbocycles. The monoisotopic (exact) mass is 380 g/mol. The lowest BCUT2D eigenvalue weighted by atomic mass is 9.78. The first-order valence-corrected chi connectivity index (χ1v) is 10.9. The smallest absolute Gasteiger partial charge is 0.254 e. The molecule has 7 heteroatoms. The lowest BCUT2D eigenvalue weighted by Crippen LogP contribution is -2.49. The maximum atomic E-state index is 13.1. The van der Waals surface area contributed by atoms with Gasteiger partial charge in [0.05, 0.1) is 11.5 Å². The van der Waals surface area contributed by atoms with Crippen molar-refractivity contribution in [2.75, 3.05) is 26.8 Å². The molecule has 6 nitrogen and oxygen atoms in total. The molecular weight excluding hydrogens is 352 g/mol. The van der Waals surface area contributed by atoms with E-state index < -0.39 is 10.0 Å². The SMILES string of the molecule is COCCNS(=O)(=O)c1cccc(C(=O)N2CCCC3CCCCC32)c1. The van der Waals surface area contributed by atoms with Crippen molar-refractivity contribution in [3.8, 4) is 0 Å². The van der Waals surface area contributed by atoms with Crippen molar-refractivity contribution in [1.82, 2.24) is 9.62 Å². The Hall–Kier alpha value is -1.44. The van der Waals surface area contributed by atoms with Crippen LogP contribution in [0.4, 0.5) is 0 Å². The van der Waals surface area contributed by atoms with Gasteiger partial charge in [0.15, 0.2) is 0 Å². The van der Waals surface area contributed by atoms with Crippen molar-refractivity contribution in [2.45, 2.75) is 49.5 Å². The Bertz CT molecular complexity index is 733. The van der Waals surface area contributed by atoms with E-state index in [0.29, 0.717) is 24.1 Å². The topological polar surface area (TPSA) is 75.7 Å². The van der Waals surface area contributed by atoms with Gasteiger partial charge < -0.3 is 9.64 Å². The van der Waals surface area contributed by atoms with Crippen LogP contribution in [0, 0.1) is 5.92 Å². The number of piperidine rings is 1. The number of methoxy groups -OCH3 is 1. The maximum absolute atomic E-state index is 13.1. The Kier molecular flexibility index (Phi) is 6.32. The molecule has 2 unspecified atom stereocenters. The molecule has 3 rings (SSSR count). The summed E-state index contributed by atoms with van der Waals surface area (Å²) in [4.78, 5) is 15.2. The third-order valence-electron chi connectivity index (χ3n) is 5.49. The molecule has 144 valence electrons. The number of amides is 1. The van der Waals surface area contributed by atoms with Crippen LogP contribution in [0.2, 0.25) is 0 Å². The molecule has 26 heavy (non-hydrogen) atoms. The normalized spacial score (nSPS) is 23.5. The van der Waals surface area contributed by atoms with Gasteiger partial charge in [-0.25, -0.2) is 13.1 Å². The van der Waals surface area contributed by atoms with E-state index in [2.05, 4.69) is 4.72 Å². The second kappa shape index (κ2) is 8.50. The van der Waals surface area contributed by atoms with Crippen molar-refractivity contribution >= 4 is 15.9 Å². The number of carbonyl (C=O) groups excluding carboxylic acids is 1. The third kappa shape index (κ3) is 4.27. The van der Waals surface area contributed by atoms with Crippen LogP contribution in [0.1, 0.15) is 48.9 Å². The van der Waals surface area contributed by atoms with E-state index >= 15 is 0 Å². The number of carbonyl (C=O) groups is 1. The number of benzene rings is 1. The predicted molar refractivity (Wildman–Crippen MR) is 99.5 cm³/mol. The molecule has 2 fully saturated rings. The number of hydrogen-bond donors (Lipinski definition) is 1. The van der Waals surface area contributed by atoms with Crippen LogP contribution in [0.25, 0.3) is 0 Å². The Morgan fingerprint density at radius 1 is 1.23 bits per heavy atom. The number of sulfonamides is 1. The highest BCUT2D eigenvalue weighted by atomic mass is 32.2. The molecule has 0 spiro atoms. The van der Waals surface area contributed by atoms with Crippen molar-refractivity contribution in [1.29, 1.82) is 0 Å². The highest BCUT2D eigenvalue weighted by Crippen LogP contribution is 2.36. The Morgan fingerprint density at radius 2 is 2.00 bits per heavy atom. The van der Waals surface area contributed by atoms with Gasteiger partial charge in [-0.2, -0.15) is 0 Å². The van der Waals surface area contributed by atoms with E-state index in [1.807, 2.05) is 4.90 Å². The van der Waals surface area contributed by atoms with Crippen LogP contribution < -0.4 is 4.72 Å². The van der Waals surface area contributed by atoms with E-state index in [-0.39, 0.29) is 17.3 Å². The molecule has 0 aromatic heterocycles. The van der Waals surface area contributed by atoms with Gasteiger partial charge in [0, 0.05) is 31.8 Å². The van der Waals surface area contributed by atoms with Gasteiger partial charge in [-0.1, -0.05) is 18.9 Å². The zero-order valence-electron chi connectivity index (χ0n) is 15.3. The molecule has 0 radical (unpaired) electrons.